The molecule has 0 aromatic carbocycles. The van der Waals surface area contributed by atoms with Crippen molar-refractivity contribution in [3.63, 3.8) is 0 Å². The molecule has 0 saturated heterocycles. The molecule has 1 aromatic heterocycles. The third kappa shape index (κ3) is 5.01. The van der Waals surface area contributed by atoms with E-state index in [0.29, 0.717) is 18.2 Å². The standard InChI is InChI=1S/C10H16BrN5OS/c1-3-12-10(18)15-14-9(17)7(2)5-16-6-8(11)4-13-16/h4,6-7H,3,5H2,1-2H3,(H,14,17)(H2,12,15,18)/t7-/m1/s1. The number of hydrogen-bond donors (Lipinski definition) is 3. The Balaban J connectivity index is 2.35. The summed E-state index contributed by atoms with van der Waals surface area (Å²) in [6, 6.07) is 0. The number of hydrogen-bond acceptors (Lipinski definition) is 3. The molecule has 6 nitrogen and oxygen atoms in total. The van der Waals surface area contributed by atoms with E-state index < -0.39 is 0 Å². The maximum Gasteiger partial charge on any atom is 0.243 e. The molecule has 0 saturated carbocycles. The predicted octanol–water partition coefficient (Wildman–Crippen LogP) is 0.797. The number of rotatable bonds is 4. The van der Waals surface area contributed by atoms with E-state index in [1.165, 1.54) is 0 Å². The summed E-state index contributed by atoms with van der Waals surface area (Å²) < 4.78 is 2.60. The van der Waals surface area contributed by atoms with E-state index in [0.717, 1.165) is 4.47 Å². The van der Waals surface area contributed by atoms with Gasteiger partial charge in [-0.2, -0.15) is 5.10 Å². The second-order valence-electron chi connectivity index (χ2n) is 3.76. The topological polar surface area (TPSA) is 71.0 Å². The van der Waals surface area contributed by atoms with Crippen LogP contribution in [0.3, 0.4) is 0 Å². The van der Waals surface area contributed by atoms with Crippen LogP contribution in [0.4, 0.5) is 0 Å². The lowest BCUT2D eigenvalue weighted by molar-refractivity contribution is -0.125. The molecule has 0 unspecified atom stereocenters. The van der Waals surface area contributed by atoms with Gasteiger partial charge in [0.25, 0.3) is 0 Å². The summed E-state index contributed by atoms with van der Waals surface area (Å²) in [5.41, 5.74) is 5.19. The van der Waals surface area contributed by atoms with Gasteiger partial charge in [-0.3, -0.25) is 20.3 Å². The largest absolute Gasteiger partial charge is 0.362 e. The molecule has 1 atom stereocenters. The molecular weight excluding hydrogens is 318 g/mol. The minimum absolute atomic E-state index is 0.137. The van der Waals surface area contributed by atoms with E-state index in [1.54, 1.807) is 10.9 Å². The highest BCUT2D eigenvalue weighted by Crippen LogP contribution is 2.08. The van der Waals surface area contributed by atoms with E-state index in [2.05, 4.69) is 37.2 Å². The first-order valence-electron chi connectivity index (χ1n) is 5.54. The fourth-order valence-corrected chi connectivity index (χ4v) is 1.77. The van der Waals surface area contributed by atoms with Crippen LogP contribution in [0.2, 0.25) is 0 Å². The summed E-state index contributed by atoms with van der Waals surface area (Å²) in [4.78, 5) is 11.7. The third-order valence-electron chi connectivity index (χ3n) is 2.15. The van der Waals surface area contributed by atoms with Crippen LogP contribution in [-0.4, -0.2) is 27.3 Å². The smallest absolute Gasteiger partial charge is 0.243 e. The highest BCUT2D eigenvalue weighted by atomic mass is 79.9. The van der Waals surface area contributed by atoms with Gasteiger partial charge >= 0.3 is 0 Å². The Labute approximate surface area is 120 Å². The highest BCUT2D eigenvalue weighted by molar-refractivity contribution is 9.10. The van der Waals surface area contributed by atoms with E-state index in [9.17, 15) is 4.79 Å². The molecule has 1 rings (SSSR count). The maximum absolute atomic E-state index is 11.7. The van der Waals surface area contributed by atoms with Crippen molar-refractivity contribution in [3.05, 3.63) is 16.9 Å². The SMILES string of the molecule is CCNC(=S)NNC(=O)[C@H](C)Cn1cc(Br)cn1. The summed E-state index contributed by atoms with van der Waals surface area (Å²) in [6.45, 7) is 4.96. The molecule has 1 aromatic rings. The molecule has 0 radical (unpaired) electrons. The van der Waals surface area contributed by atoms with Crippen molar-refractivity contribution in [2.75, 3.05) is 6.54 Å². The second kappa shape index (κ2) is 7.32. The van der Waals surface area contributed by atoms with Gasteiger partial charge in [0.05, 0.1) is 23.1 Å². The number of halogens is 1. The van der Waals surface area contributed by atoms with Gasteiger partial charge in [0, 0.05) is 12.7 Å². The Morgan fingerprint density at radius 2 is 2.33 bits per heavy atom. The number of aromatic nitrogens is 2. The van der Waals surface area contributed by atoms with Gasteiger partial charge in [0.1, 0.15) is 0 Å². The molecule has 0 aliphatic rings. The number of carbonyl (C=O) groups is 1. The van der Waals surface area contributed by atoms with E-state index in [1.807, 2.05) is 20.0 Å². The molecule has 8 heteroatoms. The Morgan fingerprint density at radius 1 is 1.61 bits per heavy atom. The molecule has 1 heterocycles. The van der Waals surface area contributed by atoms with Crippen molar-refractivity contribution >= 4 is 39.2 Å². The van der Waals surface area contributed by atoms with Crippen LogP contribution >= 0.6 is 28.1 Å². The monoisotopic (exact) mass is 333 g/mol. The Morgan fingerprint density at radius 3 is 2.89 bits per heavy atom. The Hall–Kier alpha value is -1.15. The molecule has 0 aliphatic carbocycles. The fraction of sp³-hybridized carbons (Fsp3) is 0.500. The molecular formula is C10H16BrN5OS. The first-order chi connectivity index (χ1) is 8.52. The zero-order valence-corrected chi connectivity index (χ0v) is 12.6. The van der Waals surface area contributed by atoms with Crippen LogP contribution in [0, 0.1) is 5.92 Å². The van der Waals surface area contributed by atoms with Gasteiger partial charge in [-0.1, -0.05) is 6.92 Å². The van der Waals surface area contributed by atoms with E-state index >= 15 is 0 Å². The molecule has 0 bridgehead atoms. The van der Waals surface area contributed by atoms with Crippen LogP contribution in [0.1, 0.15) is 13.8 Å². The highest BCUT2D eigenvalue weighted by Gasteiger charge is 2.14. The van der Waals surface area contributed by atoms with Crippen molar-refractivity contribution in [1.29, 1.82) is 0 Å². The normalized spacial score (nSPS) is 11.7. The summed E-state index contributed by atoms with van der Waals surface area (Å²) >= 11 is 8.24. The van der Waals surface area contributed by atoms with Crippen molar-refractivity contribution in [2.24, 2.45) is 5.92 Å². The van der Waals surface area contributed by atoms with E-state index in [4.69, 9.17) is 12.2 Å². The Bertz CT molecular complexity index is 422. The lowest BCUT2D eigenvalue weighted by Gasteiger charge is -2.14. The predicted molar refractivity (Wildman–Crippen MR) is 76.6 cm³/mol. The minimum Gasteiger partial charge on any atom is -0.362 e. The zero-order valence-electron chi connectivity index (χ0n) is 10.2. The van der Waals surface area contributed by atoms with Crippen molar-refractivity contribution in [2.45, 2.75) is 20.4 Å². The quantitative estimate of drug-likeness (QED) is 0.561. The number of carbonyl (C=O) groups excluding carboxylic acids is 1. The van der Waals surface area contributed by atoms with Crippen molar-refractivity contribution < 1.29 is 4.79 Å². The van der Waals surface area contributed by atoms with Crippen LogP contribution in [-0.2, 0) is 11.3 Å². The first-order valence-corrected chi connectivity index (χ1v) is 6.74. The lowest BCUT2D eigenvalue weighted by Crippen LogP contribution is -2.48. The minimum atomic E-state index is -0.214. The molecule has 1 amide bonds. The molecule has 100 valence electrons. The lowest BCUT2D eigenvalue weighted by atomic mass is 10.2. The summed E-state index contributed by atoms with van der Waals surface area (Å²) in [5, 5.41) is 7.37. The van der Waals surface area contributed by atoms with Gasteiger partial charge in [0.15, 0.2) is 5.11 Å². The molecule has 18 heavy (non-hydrogen) atoms. The molecule has 0 spiro atoms. The van der Waals surface area contributed by atoms with Crippen LogP contribution < -0.4 is 16.2 Å². The van der Waals surface area contributed by atoms with Gasteiger partial charge in [-0.25, -0.2) is 0 Å². The van der Waals surface area contributed by atoms with Crippen molar-refractivity contribution in [1.82, 2.24) is 25.9 Å². The second-order valence-corrected chi connectivity index (χ2v) is 5.08. The Kier molecular flexibility index (Phi) is 6.06. The summed E-state index contributed by atoms with van der Waals surface area (Å²) in [6.07, 6.45) is 3.50. The van der Waals surface area contributed by atoms with Gasteiger partial charge in [0.2, 0.25) is 5.91 Å². The first kappa shape index (κ1) is 14.9. The van der Waals surface area contributed by atoms with Crippen LogP contribution in [0.25, 0.3) is 0 Å². The van der Waals surface area contributed by atoms with Gasteiger partial charge < -0.3 is 5.32 Å². The third-order valence-corrected chi connectivity index (χ3v) is 2.80. The summed E-state index contributed by atoms with van der Waals surface area (Å²) in [5.74, 6) is -0.351. The van der Waals surface area contributed by atoms with Crippen LogP contribution in [0.15, 0.2) is 16.9 Å². The number of thiocarbonyl (C=S) groups is 1. The molecule has 0 aliphatic heterocycles. The number of nitrogens with one attached hydrogen (secondary N) is 3. The zero-order chi connectivity index (χ0) is 13.5. The molecule has 3 N–H and O–H groups in total. The number of amides is 1. The fourth-order valence-electron chi connectivity index (χ4n) is 1.25. The van der Waals surface area contributed by atoms with E-state index in [-0.39, 0.29) is 11.8 Å². The van der Waals surface area contributed by atoms with Gasteiger partial charge in [-0.05, 0) is 35.1 Å². The van der Waals surface area contributed by atoms with Crippen molar-refractivity contribution in [3.8, 4) is 0 Å². The van der Waals surface area contributed by atoms with Gasteiger partial charge in [-0.15, -0.1) is 0 Å². The number of nitrogens with zero attached hydrogens (tertiary/aromatic N) is 2. The summed E-state index contributed by atoms with van der Waals surface area (Å²) in [7, 11) is 0. The molecule has 0 fully saturated rings. The average molecular weight is 334 g/mol. The maximum atomic E-state index is 11.7. The average Bonchev–Trinajstić information content (AvgIpc) is 2.72. The number of hydrazine groups is 1. The van der Waals surface area contributed by atoms with Crippen LogP contribution in [0.5, 0.6) is 0 Å².